The fourth-order valence-electron chi connectivity index (χ4n) is 1.65. The summed E-state index contributed by atoms with van der Waals surface area (Å²) < 4.78 is 11.1. The summed E-state index contributed by atoms with van der Waals surface area (Å²) in [6, 6.07) is 0. The molecule has 0 aromatic carbocycles. The van der Waals surface area contributed by atoms with Crippen molar-refractivity contribution in [3.63, 3.8) is 0 Å². The Morgan fingerprint density at radius 1 is 0.889 bits per heavy atom. The zero-order valence-electron chi connectivity index (χ0n) is 12.2. The first kappa shape index (κ1) is 21.0. The quantitative estimate of drug-likeness (QED) is 0.210. The third kappa shape index (κ3) is 11.8. The second-order valence-corrected chi connectivity index (χ2v) is 6.65. The molecule has 5 heteroatoms. The molecular weight excluding hydrogens is 265 g/mol. The number of hydrogen-bond acceptors (Lipinski definition) is 2. The monoisotopic (exact) mass is 293 g/mol. The predicted octanol–water partition coefficient (Wildman–Crippen LogP) is 5.31. The number of alkyl halides is 1. The fraction of sp³-hybridized carbons (Fsp3) is 1.00. The fourth-order valence-corrected chi connectivity index (χ4v) is 3.44. The van der Waals surface area contributed by atoms with Crippen LogP contribution in [0.4, 0.5) is 0 Å². The Kier molecular flexibility index (Phi) is 18.4. The van der Waals surface area contributed by atoms with Crippen molar-refractivity contribution in [3.8, 4) is 0 Å². The van der Waals surface area contributed by atoms with Gasteiger partial charge in [-0.1, -0.05) is 45.4 Å². The van der Waals surface area contributed by atoms with E-state index in [1.54, 1.807) is 0 Å². The summed E-state index contributed by atoms with van der Waals surface area (Å²) in [5.41, 5.74) is 0. The van der Waals surface area contributed by atoms with Crippen molar-refractivity contribution in [1.29, 1.82) is 0 Å². The molecule has 107 valence electrons. The Balaban J connectivity index is 0. The van der Waals surface area contributed by atoms with Gasteiger partial charge in [-0.25, -0.2) is 0 Å². The molecule has 1 unspecified atom stereocenters. The van der Waals surface area contributed by atoms with Crippen LogP contribution < -0.4 is 0 Å². The molecular formula is C13H28BClO2P. The smallest absolute Gasteiger partial charge is 0.189 e. The maximum atomic E-state index is 6.32. The number of hydrogen-bond donors (Lipinski definition) is 0. The van der Waals surface area contributed by atoms with Crippen LogP contribution >= 0.6 is 20.0 Å². The molecule has 0 rings (SSSR count). The van der Waals surface area contributed by atoms with Gasteiger partial charge in [0.2, 0.25) is 0 Å². The van der Waals surface area contributed by atoms with E-state index in [0.29, 0.717) is 13.2 Å². The van der Waals surface area contributed by atoms with E-state index in [2.05, 4.69) is 6.92 Å². The Labute approximate surface area is 122 Å². The molecule has 0 aliphatic rings. The molecule has 0 saturated carbocycles. The molecule has 0 aromatic rings. The summed E-state index contributed by atoms with van der Waals surface area (Å²) in [4.78, 5) is 0. The first-order chi connectivity index (χ1) is 8.26. The molecule has 18 heavy (non-hydrogen) atoms. The maximum Gasteiger partial charge on any atom is 0.189 e. The minimum absolute atomic E-state index is 0. The third-order valence-electron chi connectivity index (χ3n) is 2.54. The van der Waals surface area contributed by atoms with Crippen LogP contribution in [-0.2, 0) is 9.05 Å². The number of halogens is 1. The molecule has 0 fully saturated rings. The highest BCUT2D eigenvalue weighted by molar-refractivity contribution is 7.50. The molecule has 0 amide bonds. The highest BCUT2D eigenvalue weighted by atomic mass is 35.5. The second-order valence-electron chi connectivity index (χ2n) is 4.11. The Bertz CT molecular complexity index is 158. The summed E-state index contributed by atoms with van der Waals surface area (Å²) in [7, 11) is -0.884. The Morgan fingerprint density at radius 2 is 1.39 bits per heavy atom. The van der Waals surface area contributed by atoms with E-state index in [1.807, 2.05) is 13.8 Å². The van der Waals surface area contributed by atoms with Crippen molar-refractivity contribution in [2.45, 2.75) is 70.8 Å². The third-order valence-corrected chi connectivity index (χ3v) is 4.97. The second kappa shape index (κ2) is 15.8. The predicted molar refractivity (Wildman–Crippen MR) is 83.6 cm³/mol. The molecule has 0 bridgehead atoms. The molecule has 0 N–H and O–H groups in total. The van der Waals surface area contributed by atoms with Crippen molar-refractivity contribution in [2.75, 3.05) is 13.2 Å². The van der Waals surface area contributed by atoms with Crippen LogP contribution in [0.5, 0.6) is 0 Å². The van der Waals surface area contributed by atoms with Crippen LogP contribution in [0.15, 0.2) is 0 Å². The van der Waals surface area contributed by atoms with E-state index in [9.17, 15) is 0 Å². The topological polar surface area (TPSA) is 18.5 Å². The zero-order valence-corrected chi connectivity index (χ0v) is 13.8. The summed E-state index contributed by atoms with van der Waals surface area (Å²) in [6.07, 6.45) is 8.84. The van der Waals surface area contributed by atoms with Gasteiger partial charge in [-0.3, -0.25) is 0 Å². The van der Waals surface area contributed by atoms with Crippen molar-refractivity contribution in [2.24, 2.45) is 0 Å². The SMILES string of the molecule is CCCCCCCCC(Cl)P(OCC)OCC.[B]. The van der Waals surface area contributed by atoms with Gasteiger partial charge in [-0.15, -0.1) is 11.6 Å². The number of rotatable bonds is 12. The Morgan fingerprint density at radius 3 is 1.89 bits per heavy atom. The largest absolute Gasteiger partial charge is 0.333 e. The van der Waals surface area contributed by atoms with Gasteiger partial charge >= 0.3 is 0 Å². The van der Waals surface area contributed by atoms with E-state index in [1.165, 1.54) is 38.5 Å². The highest BCUT2D eigenvalue weighted by Crippen LogP contribution is 2.47. The van der Waals surface area contributed by atoms with Crippen molar-refractivity contribution in [1.82, 2.24) is 0 Å². The highest BCUT2D eigenvalue weighted by Gasteiger charge is 2.20. The van der Waals surface area contributed by atoms with E-state index >= 15 is 0 Å². The molecule has 0 heterocycles. The molecule has 3 radical (unpaired) electrons. The minimum atomic E-state index is -0.884. The van der Waals surface area contributed by atoms with E-state index in [4.69, 9.17) is 20.6 Å². The first-order valence-corrected chi connectivity index (χ1v) is 8.63. The van der Waals surface area contributed by atoms with Gasteiger partial charge < -0.3 is 9.05 Å². The van der Waals surface area contributed by atoms with Gasteiger partial charge in [0.05, 0.1) is 13.2 Å². The van der Waals surface area contributed by atoms with Crippen LogP contribution in [0, 0.1) is 0 Å². The lowest BCUT2D eigenvalue weighted by Crippen LogP contribution is -2.03. The standard InChI is InChI=1S/C13H28ClO2P.B/c1-4-7-8-9-10-11-12-13(14)17(15-5-2)16-6-3;/h13H,4-12H2,1-3H3;. The van der Waals surface area contributed by atoms with Crippen LogP contribution in [0.3, 0.4) is 0 Å². The van der Waals surface area contributed by atoms with Crippen LogP contribution in [0.2, 0.25) is 0 Å². The zero-order chi connectivity index (χ0) is 12.9. The normalized spacial score (nSPS) is 12.5. The van der Waals surface area contributed by atoms with Gasteiger partial charge in [0.15, 0.2) is 8.38 Å². The molecule has 2 nitrogen and oxygen atoms in total. The maximum absolute atomic E-state index is 6.32. The van der Waals surface area contributed by atoms with Crippen LogP contribution in [0.1, 0.15) is 65.7 Å². The van der Waals surface area contributed by atoms with Crippen LogP contribution in [0.25, 0.3) is 0 Å². The molecule has 0 spiro atoms. The lowest BCUT2D eigenvalue weighted by Gasteiger charge is -2.20. The average molecular weight is 294 g/mol. The van der Waals surface area contributed by atoms with E-state index in [0.717, 1.165) is 6.42 Å². The first-order valence-electron chi connectivity index (χ1n) is 6.95. The summed E-state index contributed by atoms with van der Waals surface area (Å²) in [5.74, 6) is 0. The van der Waals surface area contributed by atoms with Crippen molar-refractivity contribution in [3.05, 3.63) is 0 Å². The minimum Gasteiger partial charge on any atom is -0.333 e. The van der Waals surface area contributed by atoms with Gasteiger partial charge in [-0.05, 0) is 20.3 Å². The summed E-state index contributed by atoms with van der Waals surface area (Å²) >= 11 is 6.32. The molecule has 0 aromatic heterocycles. The van der Waals surface area contributed by atoms with E-state index < -0.39 is 8.38 Å². The molecule has 1 atom stereocenters. The van der Waals surface area contributed by atoms with Gasteiger partial charge in [-0.2, -0.15) is 0 Å². The van der Waals surface area contributed by atoms with Crippen molar-refractivity contribution < 1.29 is 9.05 Å². The molecule has 0 aliphatic carbocycles. The van der Waals surface area contributed by atoms with Crippen molar-refractivity contribution >= 4 is 28.4 Å². The summed E-state index contributed by atoms with van der Waals surface area (Å²) in [6.45, 7) is 7.59. The Hall–Kier alpha value is 0.705. The lowest BCUT2D eigenvalue weighted by molar-refractivity contribution is 0.266. The van der Waals surface area contributed by atoms with Gasteiger partial charge in [0.25, 0.3) is 0 Å². The van der Waals surface area contributed by atoms with Gasteiger partial charge in [0, 0.05) is 8.41 Å². The number of unbranched alkanes of at least 4 members (excludes halogenated alkanes) is 5. The lowest BCUT2D eigenvalue weighted by atomic mass is 10.1. The van der Waals surface area contributed by atoms with E-state index in [-0.39, 0.29) is 13.5 Å². The van der Waals surface area contributed by atoms with Gasteiger partial charge in [0.1, 0.15) is 5.12 Å². The summed E-state index contributed by atoms with van der Waals surface area (Å²) in [5, 5.41) is 0.0519. The molecule has 0 saturated heterocycles. The van der Waals surface area contributed by atoms with Crippen LogP contribution in [-0.4, -0.2) is 26.7 Å². The molecule has 0 aliphatic heterocycles. The average Bonchev–Trinajstić information content (AvgIpc) is 2.33.